The minimum absolute atomic E-state index is 0.0696. The van der Waals surface area contributed by atoms with Crippen LogP contribution in [0.2, 0.25) is 0 Å². The van der Waals surface area contributed by atoms with E-state index in [2.05, 4.69) is 26.7 Å². The van der Waals surface area contributed by atoms with Gasteiger partial charge in [-0.25, -0.2) is 19.2 Å². The fraction of sp³-hybridized carbons (Fsp3) is 0.312. The van der Waals surface area contributed by atoms with Crippen molar-refractivity contribution < 1.29 is 14.3 Å². The summed E-state index contributed by atoms with van der Waals surface area (Å²) < 4.78 is 13.4. The van der Waals surface area contributed by atoms with Gasteiger partial charge in [0.1, 0.15) is 11.6 Å². The van der Waals surface area contributed by atoms with E-state index in [1.165, 1.54) is 24.5 Å². The molecule has 2 aromatic rings. The van der Waals surface area contributed by atoms with Gasteiger partial charge in [-0.05, 0) is 25.1 Å². The van der Waals surface area contributed by atoms with Gasteiger partial charge in [0.25, 0.3) is 0 Å². The van der Waals surface area contributed by atoms with Gasteiger partial charge < -0.3 is 14.9 Å². The third-order valence-electron chi connectivity index (χ3n) is 3.95. The Hall–Kier alpha value is -2.70. The third kappa shape index (κ3) is 3.23. The predicted molar refractivity (Wildman–Crippen MR) is 84.4 cm³/mol. The molecule has 1 saturated heterocycles. The molecule has 0 saturated carbocycles. The van der Waals surface area contributed by atoms with Crippen LogP contribution in [-0.2, 0) is 0 Å². The maximum atomic E-state index is 13.4. The van der Waals surface area contributed by atoms with Gasteiger partial charge in [-0.2, -0.15) is 0 Å². The average Bonchev–Trinajstić information content (AvgIpc) is 2.55. The molecule has 120 valence electrons. The van der Waals surface area contributed by atoms with E-state index in [0.29, 0.717) is 12.4 Å². The van der Waals surface area contributed by atoms with Crippen molar-refractivity contribution in [3.8, 4) is 0 Å². The van der Waals surface area contributed by atoms with Crippen molar-refractivity contribution >= 4 is 17.5 Å². The van der Waals surface area contributed by atoms with Crippen molar-refractivity contribution in [1.29, 1.82) is 0 Å². The first-order chi connectivity index (χ1) is 11.0. The second-order valence-corrected chi connectivity index (χ2v) is 5.53. The molecule has 1 aromatic carbocycles. The number of benzene rings is 1. The molecule has 1 unspecified atom stereocenters. The topological polar surface area (TPSA) is 69.6 Å². The van der Waals surface area contributed by atoms with Crippen LogP contribution in [0.5, 0.6) is 0 Å². The molecule has 23 heavy (non-hydrogen) atoms. The Morgan fingerprint density at radius 3 is 2.74 bits per heavy atom. The Morgan fingerprint density at radius 1 is 1.30 bits per heavy atom. The molecular formula is C16H17FN4O2. The van der Waals surface area contributed by atoms with Crippen LogP contribution in [0.3, 0.4) is 0 Å². The van der Waals surface area contributed by atoms with Crippen molar-refractivity contribution in [3.05, 3.63) is 48.2 Å². The van der Waals surface area contributed by atoms with Crippen LogP contribution in [0.15, 0.2) is 36.7 Å². The standard InChI is InChI=1S/C16H17FN4O2/c1-11-10-20(13-4-2-3-12(17)7-13)5-6-21(11)15-9-18-14(8-19-15)16(22)23/h2-4,7-9,11H,5-6,10H2,1H3,(H,22,23). The quantitative estimate of drug-likeness (QED) is 0.934. The summed E-state index contributed by atoms with van der Waals surface area (Å²) in [6.07, 6.45) is 2.75. The fourth-order valence-electron chi connectivity index (χ4n) is 2.79. The van der Waals surface area contributed by atoms with E-state index in [4.69, 9.17) is 5.11 Å². The van der Waals surface area contributed by atoms with Gasteiger partial charge in [0.05, 0.1) is 12.4 Å². The minimum Gasteiger partial charge on any atom is -0.476 e. The van der Waals surface area contributed by atoms with E-state index >= 15 is 0 Å². The molecule has 0 spiro atoms. The smallest absolute Gasteiger partial charge is 0.356 e. The van der Waals surface area contributed by atoms with Gasteiger partial charge in [0.2, 0.25) is 0 Å². The van der Waals surface area contributed by atoms with Crippen LogP contribution in [0.25, 0.3) is 0 Å². The van der Waals surface area contributed by atoms with Crippen molar-refractivity contribution in [2.75, 3.05) is 29.4 Å². The van der Waals surface area contributed by atoms with Gasteiger partial charge in [0.15, 0.2) is 5.69 Å². The lowest BCUT2D eigenvalue weighted by atomic mass is 10.1. The number of hydrogen-bond donors (Lipinski definition) is 1. The first-order valence-electron chi connectivity index (χ1n) is 7.37. The lowest BCUT2D eigenvalue weighted by Crippen LogP contribution is -2.52. The Labute approximate surface area is 133 Å². The summed E-state index contributed by atoms with van der Waals surface area (Å²) >= 11 is 0. The maximum Gasteiger partial charge on any atom is 0.356 e. The first kappa shape index (κ1) is 15.2. The molecule has 3 rings (SSSR count). The van der Waals surface area contributed by atoms with E-state index in [0.717, 1.165) is 18.8 Å². The van der Waals surface area contributed by atoms with Gasteiger partial charge in [-0.1, -0.05) is 6.07 Å². The number of piperazine rings is 1. The summed E-state index contributed by atoms with van der Waals surface area (Å²) in [6, 6.07) is 6.72. The second-order valence-electron chi connectivity index (χ2n) is 5.53. The third-order valence-corrected chi connectivity index (χ3v) is 3.95. The Kier molecular flexibility index (Phi) is 4.10. The number of carbonyl (C=O) groups is 1. The fourth-order valence-corrected chi connectivity index (χ4v) is 2.79. The number of carboxylic acid groups (broad SMARTS) is 1. The van der Waals surface area contributed by atoms with E-state index in [9.17, 15) is 9.18 Å². The molecule has 1 aliphatic rings. The highest BCUT2D eigenvalue weighted by molar-refractivity contribution is 5.84. The maximum absolute atomic E-state index is 13.4. The molecular weight excluding hydrogens is 299 g/mol. The first-order valence-corrected chi connectivity index (χ1v) is 7.37. The Bertz CT molecular complexity index is 707. The summed E-state index contributed by atoms with van der Waals surface area (Å²) in [6.45, 7) is 4.22. The SMILES string of the molecule is CC1CN(c2cccc(F)c2)CCN1c1cnc(C(=O)O)cn1. The van der Waals surface area contributed by atoms with E-state index in [-0.39, 0.29) is 17.6 Å². The van der Waals surface area contributed by atoms with Crippen LogP contribution in [0.4, 0.5) is 15.9 Å². The summed E-state index contributed by atoms with van der Waals surface area (Å²) in [5.74, 6) is -0.679. The molecule has 1 aromatic heterocycles. The molecule has 7 heteroatoms. The molecule has 0 bridgehead atoms. The Morgan fingerprint density at radius 2 is 2.13 bits per heavy atom. The number of hydrogen-bond acceptors (Lipinski definition) is 5. The van der Waals surface area contributed by atoms with Crippen LogP contribution < -0.4 is 9.80 Å². The number of anilines is 2. The number of nitrogens with zero attached hydrogens (tertiary/aromatic N) is 4. The van der Waals surface area contributed by atoms with Gasteiger partial charge >= 0.3 is 5.97 Å². The number of aromatic nitrogens is 2. The molecule has 0 radical (unpaired) electrons. The van der Waals surface area contributed by atoms with Crippen molar-refractivity contribution in [1.82, 2.24) is 9.97 Å². The zero-order valence-electron chi connectivity index (χ0n) is 12.7. The number of halogens is 1. The highest BCUT2D eigenvalue weighted by Crippen LogP contribution is 2.22. The summed E-state index contributed by atoms with van der Waals surface area (Å²) in [4.78, 5) is 23.1. The van der Waals surface area contributed by atoms with Crippen molar-refractivity contribution in [3.63, 3.8) is 0 Å². The molecule has 1 aliphatic heterocycles. The molecule has 1 fully saturated rings. The van der Waals surface area contributed by atoms with Crippen molar-refractivity contribution in [2.45, 2.75) is 13.0 Å². The molecule has 1 atom stereocenters. The zero-order valence-corrected chi connectivity index (χ0v) is 12.7. The Balaban J connectivity index is 1.72. The van der Waals surface area contributed by atoms with Gasteiger partial charge in [-0.15, -0.1) is 0 Å². The zero-order chi connectivity index (χ0) is 16.4. The summed E-state index contributed by atoms with van der Waals surface area (Å²) in [5, 5.41) is 8.87. The van der Waals surface area contributed by atoms with Crippen LogP contribution >= 0.6 is 0 Å². The normalized spacial score (nSPS) is 18.1. The van der Waals surface area contributed by atoms with Crippen LogP contribution in [-0.4, -0.2) is 46.7 Å². The van der Waals surface area contributed by atoms with E-state index < -0.39 is 5.97 Å². The number of carboxylic acids is 1. The minimum atomic E-state index is -1.09. The summed E-state index contributed by atoms with van der Waals surface area (Å²) in [7, 11) is 0. The highest BCUT2D eigenvalue weighted by atomic mass is 19.1. The molecule has 0 amide bonds. The monoisotopic (exact) mass is 316 g/mol. The van der Waals surface area contributed by atoms with E-state index in [1.54, 1.807) is 6.07 Å². The highest BCUT2D eigenvalue weighted by Gasteiger charge is 2.25. The lowest BCUT2D eigenvalue weighted by Gasteiger charge is -2.41. The lowest BCUT2D eigenvalue weighted by molar-refractivity contribution is 0.0690. The van der Waals surface area contributed by atoms with Crippen LogP contribution in [0.1, 0.15) is 17.4 Å². The molecule has 0 aliphatic carbocycles. The van der Waals surface area contributed by atoms with Crippen LogP contribution in [0, 0.1) is 5.82 Å². The molecule has 2 heterocycles. The van der Waals surface area contributed by atoms with Crippen molar-refractivity contribution in [2.24, 2.45) is 0 Å². The number of rotatable bonds is 3. The van der Waals surface area contributed by atoms with Gasteiger partial charge in [0, 0.05) is 31.4 Å². The van der Waals surface area contributed by atoms with E-state index in [1.807, 2.05) is 6.07 Å². The molecule has 6 nitrogen and oxygen atoms in total. The van der Waals surface area contributed by atoms with Gasteiger partial charge in [-0.3, -0.25) is 0 Å². The largest absolute Gasteiger partial charge is 0.476 e. The number of aromatic carboxylic acids is 1. The second kappa shape index (κ2) is 6.20. The predicted octanol–water partition coefficient (Wildman–Crippen LogP) is 2.03. The molecule has 1 N–H and O–H groups in total. The summed E-state index contributed by atoms with van der Waals surface area (Å²) in [5.41, 5.74) is 0.795. The average molecular weight is 316 g/mol.